The van der Waals surface area contributed by atoms with Crippen LogP contribution in [-0.2, 0) is 19.1 Å². The van der Waals surface area contributed by atoms with E-state index < -0.39 is 30.8 Å². The van der Waals surface area contributed by atoms with Gasteiger partial charge in [0.15, 0.2) is 5.84 Å². The highest BCUT2D eigenvalue weighted by Gasteiger charge is 2.28. The van der Waals surface area contributed by atoms with Gasteiger partial charge in [0.05, 0.1) is 23.3 Å². The number of amidine groups is 1. The number of esters is 1. The highest BCUT2D eigenvalue weighted by molar-refractivity contribution is 6.09. The standard InChI is InChI=1S/C27H33N7O7/c1-5-34(27(39)41-14-40-26(38)17(4)31-13-35)25(37)20-11-29-22(16(20)3)23(30-12-28)33-21-10-18(7-6-15(21)2)24(36)32-19-8-9-19/h6-7,10-13,17,19,29H,5,8-9,14H2,1-4H3,(H,31,35)(H,32,36)(H2,28,30,33). The third-order valence-corrected chi connectivity index (χ3v) is 6.24. The highest BCUT2D eigenvalue weighted by Crippen LogP contribution is 2.25. The monoisotopic (exact) mass is 567 g/mol. The van der Waals surface area contributed by atoms with Crippen LogP contribution in [0.2, 0.25) is 0 Å². The van der Waals surface area contributed by atoms with Gasteiger partial charge in [0.2, 0.25) is 13.2 Å². The van der Waals surface area contributed by atoms with Crippen LogP contribution in [0.5, 0.6) is 0 Å². The van der Waals surface area contributed by atoms with Crippen LogP contribution in [0.1, 0.15) is 64.2 Å². The van der Waals surface area contributed by atoms with E-state index in [1.54, 1.807) is 32.0 Å². The van der Waals surface area contributed by atoms with E-state index >= 15 is 0 Å². The first-order chi connectivity index (χ1) is 19.6. The molecule has 3 rings (SSSR count). The molecule has 218 valence electrons. The number of carbonyl (C=O) groups excluding carboxylic acids is 5. The Bertz CT molecular complexity index is 1380. The number of nitrogens with two attached hydrogens (primary N) is 1. The Hall–Kier alpha value is -5.01. The lowest BCUT2D eigenvalue weighted by atomic mass is 10.1. The highest BCUT2D eigenvalue weighted by atomic mass is 16.7. The van der Waals surface area contributed by atoms with Crippen LogP contribution in [0.15, 0.2) is 34.4 Å². The van der Waals surface area contributed by atoms with Gasteiger partial charge in [0.1, 0.15) is 6.04 Å². The molecule has 0 bridgehead atoms. The van der Waals surface area contributed by atoms with Crippen molar-refractivity contribution in [2.45, 2.75) is 52.6 Å². The van der Waals surface area contributed by atoms with Gasteiger partial charge in [-0.2, -0.15) is 0 Å². The van der Waals surface area contributed by atoms with E-state index in [4.69, 9.17) is 15.2 Å². The Kier molecular flexibility index (Phi) is 10.3. The summed E-state index contributed by atoms with van der Waals surface area (Å²) >= 11 is 0. The molecule has 14 heteroatoms. The molecule has 5 N–H and O–H groups in total. The third kappa shape index (κ3) is 7.77. The lowest BCUT2D eigenvalue weighted by molar-refractivity contribution is -0.154. The molecule has 2 aromatic rings. The Morgan fingerprint density at radius 1 is 1.22 bits per heavy atom. The molecule has 0 aliphatic heterocycles. The van der Waals surface area contributed by atoms with Crippen LogP contribution >= 0.6 is 0 Å². The van der Waals surface area contributed by atoms with Gasteiger partial charge in [0.25, 0.3) is 11.8 Å². The minimum atomic E-state index is -1.03. The van der Waals surface area contributed by atoms with Gasteiger partial charge < -0.3 is 30.8 Å². The molecular formula is C27H33N7O7. The first kappa shape index (κ1) is 30.5. The second-order valence-corrected chi connectivity index (χ2v) is 9.21. The first-order valence-corrected chi connectivity index (χ1v) is 12.9. The number of carbonyl (C=O) groups is 5. The van der Waals surface area contributed by atoms with Crippen molar-refractivity contribution in [3.8, 4) is 0 Å². The van der Waals surface area contributed by atoms with Crippen molar-refractivity contribution in [3.63, 3.8) is 0 Å². The number of aromatic amines is 1. The lowest BCUT2D eigenvalue weighted by Crippen LogP contribution is -2.39. The number of imide groups is 1. The van der Waals surface area contributed by atoms with Gasteiger partial charge >= 0.3 is 12.1 Å². The summed E-state index contributed by atoms with van der Waals surface area (Å²) < 4.78 is 9.71. The topological polar surface area (TPSA) is 198 Å². The normalized spacial score (nSPS) is 13.8. The zero-order valence-corrected chi connectivity index (χ0v) is 23.2. The SMILES string of the molecule is CCN(C(=O)OCOC(=O)C(C)NC=O)C(=O)c1c[nH]c(C(N=CN)=Nc2cc(C(=O)NC3CC3)ccc2C)c1C. The van der Waals surface area contributed by atoms with Crippen molar-refractivity contribution in [2.75, 3.05) is 13.3 Å². The van der Waals surface area contributed by atoms with Crippen molar-refractivity contribution >= 4 is 48.1 Å². The molecule has 14 nitrogen and oxygen atoms in total. The number of hydrogen-bond donors (Lipinski definition) is 4. The quantitative estimate of drug-likeness (QED) is 0.104. The van der Waals surface area contributed by atoms with Gasteiger partial charge in [-0.25, -0.2) is 24.5 Å². The first-order valence-electron chi connectivity index (χ1n) is 12.9. The van der Waals surface area contributed by atoms with Crippen molar-refractivity contribution < 1.29 is 33.4 Å². The molecule has 1 saturated carbocycles. The average molecular weight is 568 g/mol. The van der Waals surface area contributed by atoms with Crippen molar-refractivity contribution in [2.24, 2.45) is 15.7 Å². The summed E-state index contributed by atoms with van der Waals surface area (Å²) in [6.07, 6.45) is 3.70. The molecule has 1 fully saturated rings. The van der Waals surface area contributed by atoms with E-state index in [0.717, 1.165) is 29.6 Å². The largest absolute Gasteiger partial charge is 0.426 e. The van der Waals surface area contributed by atoms with Crippen LogP contribution in [0.25, 0.3) is 0 Å². The summed E-state index contributed by atoms with van der Waals surface area (Å²) in [4.78, 5) is 73.1. The van der Waals surface area contributed by atoms with E-state index in [-0.39, 0.29) is 29.9 Å². The molecule has 1 heterocycles. The number of H-pyrrole nitrogens is 1. The molecule has 1 aliphatic carbocycles. The maximum Gasteiger partial charge on any atom is 0.419 e. The predicted molar refractivity (Wildman–Crippen MR) is 149 cm³/mol. The fraction of sp³-hybridized carbons (Fsp3) is 0.370. The Morgan fingerprint density at radius 3 is 2.59 bits per heavy atom. The molecule has 1 aromatic carbocycles. The second kappa shape index (κ2) is 13.9. The van der Waals surface area contributed by atoms with Gasteiger partial charge in [-0.3, -0.25) is 14.4 Å². The third-order valence-electron chi connectivity index (χ3n) is 6.24. The van der Waals surface area contributed by atoms with E-state index in [2.05, 4.69) is 25.6 Å². The maximum atomic E-state index is 13.2. The summed E-state index contributed by atoms with van der Waals surface area (Å²) in [5, 5.41) is 5.15. The molecule has 0 spiro atoms. The van der Waals surface area contributed by atoms with Crippen molar-refractivity contribution in [3.05, 3.63) is 52.3 Å². The molecular weight excluding hydrogens is 534 g/mol. The van der Waals surface area contributed by atoms with Crippen LogP contribution in [0, 0.1) is 13.8 Å². The average Bonchev–Trinajstić information content (AvgIpc) is 3.67. The minimum Gasteiger partial charge on any atom is -0.426 e. The van der Waals surface area contributed by atoms with Gasteiger partial charge in [-0.1, -0.05) is 6.07 Å². The van der Waals surface area contributed by atoms with Crippen LogP contribution in [-0.4, -0.2) is 77.8 Å². The number of benzene rings is 1. The summed E-state index contributed by atoms with van der Waals surface area (Å²) in [6, 6.07) is 4.42. The van der Waals surface area contributed by atoms with Gasteiger partial charge in [-0.05, 0) is 63.8 Å². The maximum absolute atomic E-state index is 13.2. The number of aromatic nitrogens is 1. The Balaban J connectivity index is 1.80. The summed E-state index contributed by atoms with van der Waals surface area (Å²) in [7, 11) is 0. The molecule has 4 amide bonds. The Labute approximate surface area is 236 Å². The lowest BCUT2D eigenvalue weighted by Gasteiger charge is -2.19. The number of hydrogen-bond acceptors (Lipinski definition) is 8. The summed E-state index contributed by atoms with van der Waals surface area (Å²) in [5.41, 5.74) is 8.27. The molecule has 0 radical (unpaired) electrons. The molecule has 1 aliphatic rings. The number of aliphatic imine (C=N–C) groups is 2. The zero-order chi connectivity index (χ0) is 30.1. The number of ether oxygens (including phenoxy) is 2. The minimum absolute atomic E-state index is 0.0362. The zero-order valence-electron chi connectivity index (χ0n) is 23.2. The van der Waals surface area contributed by atoms with Gasteiger partial charge in [0, 0.05) is 24.3 Å². The summed E-state index contributed by atoms with van der Waals surface area (Å²) in [5.74, 6) is -1.53. The number of nitrogens with zero attached hydrogens (tertiary/aromatic N) is 3. The Morgan fingerprint density at radius 2 is 1.95 bits per heavy atom. The second-order valence-electron chi connectivity index (χ2n) is 9.21. The fourth-order valence-electron chi connectivity index (χ4n) is 3.66. The molecule has 1 atom stereocenters. The predicted octanol–water partition coefficient (Wildman–Crippen LogP) is 1.82. The molecule has 1 unspecified atom stereocenters. The van der Waals surface area contributed by atoms with Crippen molar-refractivity contribution in [1.82, 2.24) is 20.5 Å². The van der Waals surface area contributed by atoms with Crippen LogP contribution < -0.4 is 16.4 Å². The van der Waals surface area contributed by atoms with Crippen LogP contribution in [0.3, 0.4) is 0 Å². The molecule has 1 aromatic heterocycles. The van der Waals surface area contributed by atoms with Crippen LogP contribution in [0.4, 0.5) is 10.5 Å². The smallest absolute Gasteiger partial charge is 0.419 e. The molecule has 41 heavy (non-hydrogen) atoms. The summed E-state index contributed by atoms with van der Waals surface area (Å²) in [6.45, 7) is 5.67. The van der Waals surface area contributed by atoms with Crippen molar-refractivity contribution in [1.29, 1.82) is 0 Å². The molecule has 0 saturated heterocycles. The van der Waals surface area contributed by atoms with E-state index in [1.165, 1.54) is 13.1 Å². The fourth-order valence-corrected chi connectivity index (χ4v) is 3.66. The van der Waals surface area contributed by atoms with E-state index in [1.807, 2.05) is 6.92 Å². The number of nitrogens with one attached hydrogen (secondary N) is 3. The number of rotatable bonds is 11. The van der Waals surface area contributed by atoms with Gasteiger partial charge in [-0.15, -0.1) is 0 Å². The number of aryl methyl sites for hydroxylation is 1. The van der Waals surface area contributed by atoms with E-state index in [9.17, 15) is 24.0 Å². The number of amides is 4. The van der Waals surface area contributed by atoms with E-state index in [0.29, 0.717) is 28.9 Å².